The van der Waals surface area contributed by atoms with Crippen molar-refractivity contribution in [3.8, 4) is 0 Å². The van der Waals surface area contributed by atoms with Gasteiger partial charge in [-0.25, -0.2) is 0 Å². The van der Waals surface area contributed by atoms with Crippen LogP contribution in [0.3, 0.4) is 0 Å². The van der Waals surface area contributed by atoms with Crippen molar-refractivity contribution in [2.45, 2.75) is 31.4 Å². The van der Waals surface area contributed by atoms with Crippen LogP contribution in [0.25, 0.3) is 11.0 Å². The Morgan fingerprint density at radius 2 is 2.05 bits per heavy atom. The molecule has 0 aliphatic heterocycles. The quantitative estimate of drug-likeness (QED) is 0.840. The highest BCUT2D eigenvalue weighted by molar-refractivity contribution is 7.71. The number of imidazole rings is 1. The van der Waals surface area contributed by atoms with E-state index in [9.17, 15) is 0 Å². The molecule has 1 fully saturated rings. The number of aromatic amines is 1. The zero-order chi connectivity index (χ0) is 13.6. The molecule has 2 aromatic rings. The predicted octanol–water partition coefficient (Wildman–Crippen LogP) is 4.57. The zero-order valence-electron chi connectivity index (χ0n) is 10.5. The summed E-state index contributed by atoms with van der Waals surface area (Å²) in [6.07, 6.45) is 3.34. The van der Waals surface area contributed by atoms with Crippen molar-refractivity contribution in [2.75, 3.05) is 7.11 Å². The molecular formula is C13H14Cl2N2OS. The number of fused-ring (bicyclic) bond motifs is 1. The first kappa shape index (κ1) is 13.4. The van der Waals surface area contributed by atoms with Crippen LogP contribution < -0.4 is 0 Å². The average molecular weight is 317 g/mol. The summed E-state index contributed by atoms with van der Waals surface area (Å²) in [6.45, 7) is 0.750. The van der Waals surface area contributed by atoms with Crippen molar-refractivity contribution in [1.29, 1.82) is 0 Å². The molecule has 0 saturated heterocycles. The number of ether oxygens (including phenoxy) is 1. The number of halogens is 2. The van der Waals surface area contributed by atoms with E-state index in [0.717, 1.165) is 30.4 Å². The first-order chi connectivity index (χ1) is 9.04. The van der Waals surface area contributed by atoms with Crippen LogP contribution in [0.15, 0.2) is 12.1 Å². The van der Waals surface area contributed by atoms with E-state index in [1.165, 1.54) is 6.42 Å². The summed E-state index contributed by atoms with van der Waals surface area (Å²) in [4.78, 5) is 3.17. The van der Waals surface area contributed by atoms with Gasteiger partial charge in [0.25, 0.3) is 0 Å². The predicted molar refractivity (Wildman–Crippen MR) is 80.7 cm³/mol. The third-order valence-corrected chi connectivity index (χ3v) is 5.00. The minimum atomic E-state index is -0.0839. The normalized spacial score (nSPS) is 17.6. The summed E-state index contributed by atoms with van der Waals surface area (Å²) in [5.74, 6) is 0. The van der Waals surface area contributed by atoms with Crippen molar-refractivity contribution in [2.24, 2.45) is 0 Å². The molecular weight excluding hydrogens is 303 g/mol. The van der Waals surface area contributed by atoms with Crippen molar-refractivity contribution in [3.05, 3.63) is 26.9 Å². The summed E-state index contributed by atoms with van der Waals surface area (Å²) in [7, 11) is 1.77. The molecule has 3 nitrogen and oxygen atoms in total. The lowest BCUT2D eigenvalue weighted by molar-refractivity contribution is -0.0830. The zero-order valence-corrected chi connectivity index (χ0v) is 12.8. The van der Waals surface area contributed by atoms with E-state index in [0.29, 0.717) is 14.8 Å². The fourth-order valence-corrected chi connectivity index (χ4v) is 3.19. The van der Waals surface area contributed by atoms with Gasteiger partial charge in [0.1, 0.15) is 0 Å². The Kier molecular flexibility index (Phi) is 3.38. The number of hydrogen-bond donors (Lipinski definition) is 1. The van der Waals surface area contributed by atoms with Gasteiger partial charge in [-0.1, -0.05) is 23.2 Å². The van der Waals surface area contributed by atoms with Gasteiger partial charge in [0.15, 0.2) is 4.77 Å². The minimum Gasteiger partial charge on any atom is -0.376 e. The van der Waals surface area contributed by atoms with Crippen LogP contribution in [-0.2, 0) is 11.3 Å². The molecule has 1 heterocycles. The van der Waals surface area contributed by atoms with E-state index in [1.807, 2.05) is 12.1 Å². The fraction of sp³-hybridized carbons (Fsp3) is 0.462. The Morgan fingerprint density at radius 3 is 2.63 bits per heavy atom. The molecule has 3 rings (SSSR count). The van der Waals surface area contributed by atoms with Crippen molar-refractivity contribution in [1.82, 2.24) is 9.55 Å². The first-order valence-electron chi connectivity index (χ1n) is 6.17. The second-order valence-electron chi connectivity index (χ2n) is 5.04. The maximum atomic E-state index is 6.10. The first-order valence-corrected chi connectivity index (χ1v) is 7.34. The molecule has 1 saturated carbocycles. The van der Waals surface area contributed by atoms with Crippen LogP contribution in [0.2, 0.25) is 10.0 Å². The Morgan fingerprint density at radius 1 is 1.37 bits per heavy atom. The minimum absolute atomic E-state index is 0.0839. The van der Waals surface area contributed by atoms with Crippen LogP contribution in [0.4, 0.5) is 0 Å². The van der Waals surface area contributed by atoms with E-state index in [4.69, 9.17) is 40.2 Å². The van der Waals surface area contributed by atoms with E-state index >= 15 is 0 Å². The molecule has 1 aliphatic carbocycles. The van der Waals surface area contributed by atoms with E-state index < -0.39 is 0 Å². The SMILES string of the molecule is COC1(Cn2c(=S)[nH]c3cc(Cl)c(Cl)cc32)CCC1. The van der Waals surface area contributed by atoms with Crippen LogP contribution in [0, 0.1) is 4.77 Å². The van der Waals surface area contributed by atoms with Gasteiger partial charge in [-0.15, -0.1) is 0 Å². The van der Waals surface area contributed by atoms with Gasteiger partial charge in [-0.2, -0.15) is 0 Å². The van der Waals surface area contributed by atoms with Gasteiger partial charge in [0.2, 0.25) is 0 Å². The van der Waals surface area contributed by atoms with Gasteiger partial charge in [0.05, 0.1) is 33.2 Å². The number of nitrogens with one attached hydrogen (secondary N) is 1. The Labute approximate surface area is 126 Å². The summed E-state index contributed by atoms with van der Waals surface area (Å²) >= 11 is 17.5. The molecule has 0 radical (unpaired) electrons. The Bertz CT molecular complexity index is 682. The molecule has 0 atom stereocenters. The van der Waals surface area contributed by atoms with Gasteiger partial charge >= 0.3 is 0 Å². The van der Waals surface area contributed by atoms with Crippen LogP contribution >= 0.6 is 35.4 Å². The second kappa shape index (κ2) is 4.77. The highest BCUT2D eigenvalue weighted by Crippen LogP contribution is 2.38. The summed E-state index contributed by atoms with van der Waals surface area (Å²) in [6, 6.07) is 3.67. The number of methoxy groups -OCH3 is 1. The number of aromatic nitrogens is 2. The van der Waals surface area contributed by atoms with E-state index in [-0.39, 0.29) is 5.60 Å². The molecule has 0 spiro atoms. The van der Waals surface area contributed by atoms with Gasteiger partial charge in [-0.3, -0.25) is 0 Å². The average Bonchev–Trinajstić information content (AvgIpc) is 2.61. The number of nitrogens with zero attached hydrogens (tertiary/aromatic N) is 1. The lowest BCUT2D eigenvalue weighted by Gasteiger charge is -2.40. The lowest BCUT2D eigenvalue weighted by Crippen LogP contribution is -2.43. The maximum Gasteiger partial charge on any atom is 0.178 e. The Balaban J connectivity index is 2.10. The highest BCUT2D eigenvalue weighted by atomic mass is 35.5. The molecule has 1 aromatic heterocycles. The molecule has 1 aromatic carbocycles. The third-order valence-electron chi connectivity index (χ3n) is 3.96. The van der Waals surface area contributed by atoms with E-state index in [1.54, 1.807) is 7.11 Å². The molecule has 0 amide bonds. The largest absolute Gasteiger partial charge is 0.376 e. The van der Waals surface area contributed by atoms with Crippen LogP contribution in [0.5, 0.6) is 0 Å². The Hall–Kier alpha value is -0.550. The second-order valence-corrected chi connectivity index (χ2v) is 6.24. The standard InChI is InChI=1S/C13H14Cl2N2OS/c1-18-13(3-2-4-13)7-17-11-6-9(15)8(14)5-10(11)16-12(17)19/h5-6H,2-4,7H2,1H3,(H,16,19). The van der Waals surface area contributed by atoms with Crippen molar-refractivity contribution < 1.29 is 4.74 Å². The summed E-state index contributed by atoms with van der Waals surface area (Å²) in [5, 5.41) is 1.07. The van der Waals surface area contributed by atoms with Crippen LogP contribution in [-0.4, -0.2) is 22.3 Å². The van der Waals surface area contributed by atoms with E-state index in [2.05, 4.69) is 9.55 Å². The summed E-state index contributed by atoms with van der Waals surface area (Å²) in [5.41, 5.74) is 1.80. The number of hydrogen-bond acceptors (Lipinski definition) is 2. The molecule has 102 valence electrons. The van der Waals surface area contributed by atoms with Crippen LogP contribution in [0.1, 0.15) is 19.3 Å². The number of benzene rings is 1. The molecule has 6 heteroatoms. The smallest absolute Gasteiger partial charge is 0.178 e. The molecule has 0 unspecified atom stereocenters. The monoisotopic (exact) mass is 316 g/mol. The third kappa shape index (κ3) is 2.21. The van der Waals surface area contributed by atoms with Gasteiger partial charge in [-0.05, 0) is 43.6 Å². The van der Waals surface area contributed by atoms with Crippen molar-refractivity contribution in [3.63, 3.8) is 0 Å². The maximum absolute atomic E-state index is 6.10. The summed E-state index contributed by atoms with van der Waals surface area (Å²) < 4.78 is 8.39. The molecule has 19 heavy (non-hydrogen) atoms. The van der Waals surface area contributed by atoms with Gasteiger partial charge in [0, 0.05) is 7.11 Å². The van der Waals surface area contributed by atoms with Crippen molar-refractivity contribution >= 4 is 46.5 Å². The molecule has 1 aliphatic rings. The van der Waals surface area contributed by atoms with Gasteiger partial charge < -0.3 is 14.3 Å². The molecule has 0 bridgehead atoms. The highest BCUT2D eigenvalue weighted by Gasteiger charge is 2.37. The number of rotatable bonds is 3. The molecule has 1 N–H and O–H groups in total. The fourth-order valence-electron chi connectivity index (χ4n) is 2.59. The lowest BCUT2D eigenvalue weighted by atomic mass is 9.80. The number of H-pyrrole nitrogens is 1. The topological polar surface area (TPSA) is 29.9 Å².